The summed E-state index contributed by atoms with van der Waals surface area (Å²) in [6, 6.07) is 8.33. The molecule has 1 aliphatic rings. The molecule has 0 saturated carbocycles. The number of ether oxygens (including phenoxy) is 1. The number of methoxy groups -OCH3 is 1. The number of benzene rings is 1. The van der Waals surface area contributed by atoms with E-state index in [1.165, 1.54) is 24.2 Å². The molecule has 1 heterocycles. The molecule has 1 aromatic carbocycles. The Morgan fingerprint density at radius 2 is 2.17 bits per heavy atom. The number of esters is 1. The van der Waals surface area contributed by atoms with Crippen LogP contribution in [0.4, 0.5) is 0 Å². The van der Waals surface area contributed by atoms with Gasteiger partial charge in [0.1, 0.15) is 0 Å². The number of carbonyl (C=O) groups excluding carboxylic acids is 1. The second-order valence-corrected chi connectivity index (χ2v) is 5.73. The van der Waals surface area contributed by atoms with E-state index in [0.717, 1.165) is 13.1 Å². The van der Waals surface area contributed by atoms with Crippen LogP contribution in [0.25, 0.3) is 0 Å². The van der Waals surface area contributed by atoms with Gasteiger partial charge in [-0.05, 0) is 24.6 Å². The molecule has 1 aliphatic heterocycles. The molecule has 0 radical (unpaired) electrons. The number of nitrogens with zero attached hydrogens (tertiary/aromatic N) is 1. The molecule has 0 bridgehead atoms. The first-order valence-electron chi connectivity index (χ1n) is 6.20. The Bertz CT molecular complexity index is 405. The summed E-state index contributed by atoms with van der Waals surface area (Å²) in [5, 5.41) is 0. The van der Waals surface area contributed by atoms with Crippen molar-refractivity contribution in [3.8, 4) is 0 Å². The molecular weight excluding hydrogens is 246 g/mol. The number of carbonyl (C=O) groups is 1. The predicted molar refractivity (Wildman–Crippen MR) is 75.0 cm³/mol. The molecule has 3 nitrogen and oxygen atoms in total. The van der Waals surface area contributed by atoms with E-state index in [2.05, 4.69) is 11.8 Å². The standard InChI is InChI=1S/C14H19NO2S/c1-11-10-18-8-7-15(11)9-12-3-5-13(6-4-12)14(16)17-2/h3-6,11H,7-10H2,1-2H3. The van der Waals surface area contributed by atoms with Gasteiger partial charge in [-0.3, -0.25) is 4.90 Å². The van der Waals surface area contributed by atoms with Crippen LogP contribution < -0.4 is 0 Å². The van der Waals surface area contributed by atoms with Crippen LogP contribution in [0.2, 0.25) is 0 Å². The van der Waals surface area contributed by atoms with Crippen LogP contribution in [-0.4, -0.2) is 42.1 Å². The van der Waals surface area contributed by atoms with Gasteiger partial charge in [0.25, 0.3) is 0 Å². The molecule has 1 saturated heterocycles. The van der Waals surface area contributed by atoms with Gasteiger partial charge in [-0.1, -0.05) is 12.1 Å². The summed E-state index contributed by atoms with van der Waals surface area (Å²) < 4.78 is 4.69. The average molecular weight is 265 g/mol. The van der Waals surface area contributed by atoms with Crippen LogP contribution in [0.15, 0.2) is 24.3 Å². The van der Waals surface area contributed by atoms with Gasteiger partial charge >= 0.3 is 5.97 Å². The maximum Gasteiger partial charge on any atom is 0.337 e. The lowest BCUT2D eigenvalue weighted by molar-refractivity contribution is 0.0600. The van der Waals surface area contributed by atoms with Crippen LogP contribution in [0.1, 0.15) is 22.8 Å². The van der Waals surface area contributed by atoms with Crippen molar-refractivity contribution in [2.24, 2.45) is 0 Å². The van der Waals surface area contributed by atoms with Gasteiger partial charge in [-0.25, -0.2) is 4.79 Å². The molecule has 0 aliphatic carbocycles. The summed E-state index contributed by atoms with van der Waals surface area (Å²) in [6.45, 7) is 4.38. The highest BCUT2D eigenvalue weighted by Gasteiger charge is 2.18. The van der Waals surface area contributed by atoms with Crippen molar-refractivity contribution in [3.63, 3.8) is 0 Å². The lowest BCUT2D eigenvalue weighted by atomic mass is 10.1. The molecule has 4 heteroatoms. The summed E-state index contributed by atoms with van der Waals surface area (Å²) in [5.41, 5.74) is 1.87. The Labute approximate surface area is 113 Å². The minimum absolute atomic E-state index is 0.274. The molecule has 1 unspecified atom stereocenters. The third-order valence-electron chi connectivity index (χ3n) is 3.27. The molecule has 0 amide bonds. The largest absolute Gasteiger partial charge is 0.465 e. The first-order chi connectivity index (χ1) is 8.70. The minimum Gasteiger partial charge on any atom is -0.465 e. The summed E-state index contributed by atoms with van der Waals surface area (Å²) in [6.07, 6.45) is 0. The first kappa shape index (κ1) is 13.4. The number of hydrogen-bond acceptors (Lipinski definition) is 4. The van der Waals surface area contributed by atoms with Gasteiger partial charge in [0.15, 0.2) is 0 Å². The van der Waals surface area contributed by atoms with Crippen molar-refractivity contribution in [2.45, 2.75) is 19.5 Å². The second-order valence-electron chi connectivity index (χ2n) is 4.58. The van der Waals surface area contributed by atoms with Crippen molar-refractivity contribution in [1.29, 1.82) is 0 Å². The highest BCUT2D eigenvalue weighted by Crippen LogP contribution is 2.18. The van der Waals surface area contributed by atoms with Gasteiger partial charge in [-0.2, -0.15) is 11.8 Å². The fourth-order valence-electron chi connectivity index (χ4n) is 2.09. The smallest absolute Gasteiger partial charge is 0.337 e. The zero-order valence-electron chi connectivity index (χ0n) is 10.9. The van der Waals surface area contributed by atoms with E-state index in [1.54, 1.807) is 0 Å². The molecule has 1 atom stereocenters. The van der Waals surface area contributed by atoms with Crippen molar-refractivity contribution in [1.82, 2.24) is 4.90 Å². The van der Waals surface area contributed by atoms with Crippen LogP contribution >= 0.6 is 11.8 Å². The van der Waals surface area contributed by atoms with Gasteiger partial charge in [-0.15, -0.1) is 0 Å². The average Bonchev–Trinajstić information content (AvgIpc) is 2.41. The molecule has 18 heavy (non-hydrogen) atoms. The highest BCUT2D eigenvalue weighted by molar-refractivity contribution is 7.99. The van der Waals surface area contributed by atoms with Crippen molar-refractivity contribution in [2.75, 3.05) is 25.2 Å². The van der Waals surface area contributed by atoms with E-state index in [4.69, 9.17) is 4.74 Å². The van der Waals surface area contributed by atoms with Crippen LogP contribution in [0.3, 0.4) is 0 Å². The molecule has 0 spiro atoms. The SMILES string of the molecule is COC(=O)c1ccc(CN2CCSCC2C)cc1. The monoisotopic (exact) mass is 265 g/mol. The van der Waals surface area contributed by atoms with Crippen LogP contribution in [0.5, 0.6) is 0 Å². The Morgan fingerprint density at radius 1 is 1.44 bits per heavy atom. The number of hydrogen-bond donors (Lipinski definition) is 0. The summed E-state index contributed by atoms with van der Waals surface area (Å²) >= 11 is 2.02. The molecule has 0 N–H and O–H groups in total. The van der Waals surface area contributed by atoms with Crippen molar-refractivity contribution >= 4 is 17.7 Å². The third kappa shape index (κ3) is 3.27. The van der Waals surface area contributed by atoms with Crippen LogP contribution in [0, 0.1) is 0 Å². The van der Waals surface area contributed by atoms with E-state index in [1.807, 2.05) is 36.0 Å². The Hall–Kier alpha value is -1.00. The maximum absolute atomic E-state index is 11.3. The Balaban J connectivity index is 1.99. The minimum atomic E-state index is -0.274. The van der Waals surface area contributed by atoms with Gasteiger partial charge < -0.3 is 4.74 Å². The third-order valence-corrected chi connectivity index (χ3v) is 4.46. The van der Waals surface area contributed by atoms with Crippen LogP contribution in [-0.2, 0) is 11.3 Å². The molecule has 1 aromatic rings. The normalized spacial score (nSPS) is 20.7. The summed E-state index contributed by atoms with van der Waals surface area (Å²) in [7, 11) is 1.41. The molecule has 1 fully saturated rings. The van der Waals surface area contributed by atoms with Gasteiger partial charge in [0, 0.05) is 30.6 Å². The second kappa shape index (κ2) is 6.25. The highest BCUT2D eigenvalue weighted by atomic mass is 32.2. The van der Waals surface area contributed by atoms with Crippen molar-refractivity contribution in [3.05, 3.63) is 35.4 Å². The van der Waals surface area contributed by atoms with E-state index >= 15 is 0 Å². The van der Waals surface area contributed by atoms with Crippen molar-refractivity contribution < 1.29 is 9.53 Å². The van der Waals surface area contributed by atoms with E-state index in [9.17, 15) is 4.79 Å². The summed E-state index contributed by atoms with van der Waals surface area (Å²) in [4.78, 5) is 13.8. The first-order valence-corrected chi connectivity index (χ1v) is 7.35. The zero-order valence-corrected chi connectivity index (χ0v) is 11.7. The Kier molecular flexibility index (Phi) is 4.66. The lowest BCUT2D eigenvalue weighted by Crippen LogP contribution is -2.39. The number of thioether (sulfide) groups is 1. The van der Waals surface area contributed by atoms with E-state index < -0.39 is 0 Å². The van der Waals surface area contributed by atoms with Gasteiger partial charge in [0.05, 0.1) is 12.7 Å². The molecule has 98 valence electrons. The number of rotatable bonds is 3. The van der Waals surface area contributed by atoms with Gasteiger partial charge in [0.2, 0.25) is 0 Å². The lowest BCUT2D eigenvalue weighted by Gasteiger charge is -2.32. The topological polar surface area (TPSA) is 29.5 Å². The van der Waals surface area contributed by atoms with E-state index in [-0.39, 0.29) is 5.97 Å². The quantitative estimate of drug-likeness (QED) is 0.785. The zero-order chi connectivity index (χ0) is 13.0. The fraction of sp³-hybridized carbons (Fsp3) is 0.500. The summed E-state index contributed by atoms with van der Waals surface area (Å²) in [5.74, 6) is 2.15. The fourth-order valence-corrected chi connectivity index (χ4v) is 3.18. The Morgan fingerprint density at radius 3 is 2.78 bits per heavy atom. The maximum atomic E-state index is 11.3. The molecular formula is C14H19NO2S. The predicted octanol–water partition coefficient (Wildman–Crippen LogP) is 2.41. The molecule has 2 rings (SSSR count). The van der Waals surface area contributed by atoms with E-state index in [0.29, 0.717) is 11.6 Å². The molecule has 0 aromatic heterocycles.